The predicted molar refractivity (Wildman–Crippen MR) is 71.9 cm³/mol. The first-order valence-electron chi connectivity index (χ1n) is 7.08. The molecule has 1 fully saturated rings. The molecule has 0 radical (unpaired) electrons. The maximum atomic E-state index is 12.3. The van der Waals surface area contributed by atoms with E-state index in [1.807, 2.05) is 19.0 Å². The summed E-state index contributed by atoms with van der Waals surface area (Å²) in [5, 5.41) is 3.09. The Morgan fingerprint density at radius 3 is 2.59 bits per heavy atom. The molecule has 0 aromatic heterocycles. The number of likely N-dealkylation sites (N-methyl/N-ethyl adjacent to an activating group) is 2. The van der Waals surface area contributed by atoms with Gasteiger partial charge in [0, 0.05) is 26.1 Å². The summed E-state index contributed by atoms with van der Waals surface area (Å²) in [5.41, 5.74) is 0. The average molecular weight is 240 g/mol. The number of nitrogens with zero attached hydrogens (tertiary/aromatic N) is 1. The van der Waals surface area contributed by atoms with E-state index in [1.165, 1.54) is 25.7 Å². The van der Waals surface area contributed by atoms with Gasteiger partial charge in [-0.2, -0.15) is 0 Å². The molecule has 0 aromatic carbocycles. The molecule has 1 amide bonds. The summed E-state index contributed by atoms with van der Waals surface area (Å²) in [6.07, 6.45) is 7.50. The Morgan fingerprint density at radius 2 is 2.06 bits per heavy atom. The molecule has 1 aliphatic carbocycles. The van der Waals surface area contributed by atoms with Crippen molar-refractivity contribution in [2.75, 3.05) is 27.2 Å². The SMILES string of the molecule is CCC(CC1CCCC1)C(=O)N(C)CCNC. The van der Waals surface area contributed by atoms with Crippen LogP contribution in [0.5, 0.6) is 0 Å². The van der Waals surface area contributed by atoms with Crippen LogP contribution in [0.25, 0.3) is 0 Å². The Bertz CT molecular complexity index is 224. The minimum Gasteiger partial charge on any atom is -0.344 e. The zero-order valence-corrected chi connectivity index (χ0v) is 11.7. The minimum absolute atomic E-state index is 0.250. The molecule has 17 heavy (non-hydrogen) atoms. The van der Waals surface area contributed by atoms with Gasteiger partial charge in [0.05, 0.1) is 0 Å². The van der Waals surface area contributed by atoms with Gasteiger partial charge in [-0.15, -0.1) is 0 Å². The number of carbonyl (C=O) groups is 1. The van der Waals surface area contributed by atoms with Gasteiger partial charge >= 0.3 is 0 Å². The first kappa shape index (κ1) is 14.5. The average Bonchev–Trinajstić information content (AvgIpc) is 2.84. The lowest BCUT2D eigenvalue weighted by molar-refractivity contribution is -0.134. The predicted octanol–water partition coefficient (Wildman–Crippen LogP) is 2.27. The van der Waals surface area contributed by atoms with Gasteiger partial charge in [-0.25, -0.2) is 0 Å². The lowest BCUT2D eigenvalue weighted by atomic mass is 9.90. The Balaban J connectivity index is 2.39. The largest absolute Gasteiger partial charge is 0.344 e. The second-order valence-corrected chi connectivity index (χ2v) is 5.35. The Labute approximate surface area is 106 Å². The highest BCUT2D eigenvalue weighted by atomic mass is 16.2. The molecule has 1 aliphatic rings. The molecule has 1 rings (SSSR count). The molecule has 1 saturated carbocycles. The summed E-state index contributed by atoms with van der Waals surface area (Å²) in [7, 11) is 3.85. The standard InChI is InChI=1S/C14H28N2O/c1-4-13(11-12-7-5-6-8-12)14(17)16(3)10-9-15-2/h12-13,15H,4-11H2,1-3H3. The topological polar surface area (TPSA) is 32.3 Å². The molecular weight excluding hydrogens is 212 g/mol. The normalized spacial score (nSPS) is 18.3. The quantitative estimate of drug-likeness (QED) is 0.740. The third-order valence-electron chi connectivity index (χ3n) is 4.01. The van der Waals surface area contributed by atoms with Crippen LogP contribution in [0.2, 0.25) is 0 Å². The fourth-order valence-electron chi connectivity index (χ4n) is 2.79. The maximum Gasteiger partial charge on any atom is 0.225 e. The van der Waals surface area contributed by atoms with Crippen molar-refractivity contribution in [2.45, 2.75) is 45.4 Å². The first-order chi connectivity index (χ1) is 8.19. The number of hydrogen-bond donors (Lipinski definition) is 1. The van der Waals surface area contributed by atoms with Crippen LogP contribution >= 0.6 is 0 Å². The van der Waals surface area contributed by atoms with E-state index in [-0.39, 0.29) is 5.92 Å². The highest BCUT2D eigenvalue weighted by Crippen LogP contribution is 2.31. The molecule has 0 aromatic rings. The summed E-state index contributed by atoms with van der Waals surface area (Å²) in [4.78, 5) is 14.2. The molecule has 1 N–H and O–H groups in total. The van der Waals surface area contributed by atoms with E-state index >= 15 is 0 Å². The van der Waals surface area contributed by atoms with Gasteiger partial charge in [-0.05, 0) is 25.8 Å². The fourth-order valence-corrected chi connectivity index (χ4v) is 2.79. The van der Waals surface area contributed by atoms with Crippen LogP contribution in [-0.2, 0) is 4.79 Å². The molecule has 0 aliphatic heterocycles. The van der Waals surface area contributed by atoms with Crippen molar-refractivity contribution in [3.05, 3.63) is 0 Å². The van der Waals surface area contributed by atoms with Crippen molar-refractivity contribution in [3.63, 3.8) is 0 Å². The Morgan fingerprint density at radius 1 is 1.41 bits per heavy atom. The van der Waals surface area contributed by atoms with E-state index in [2.05, 4.69) is 12.2 Å². The summed E-state index contributed by atoms with van der Waals surface area (Å²) < 4.78 is 0. The zero-order chi connectivity index (χ0) is 12.7. The van der Waals surface area contributed by atoms with Crippen LogP contribution < -0.4 is 5.32 Å². The van der Waals surface area contributed by atoms with Gasteiger partial charge in [0.25, 0.3) is 0 Å². The molecule has 3 heteroatoms. The van der Waals surface area contributed by atoms with Crippen LogP contribution in [0.4, 0.5) is 0 Å². The molecule has 0 spiro atoms. The van der Waals surface area contributed by atoms with Crippen LogP contribution in [0.15, 0.2) is 0 Å². The van der Waals surface area contributed by atoms with E-state index in [1.54, 1.807) is 0 Å². The van der Waals surface area contributed by atoms with Gasteiger partial charge < -0.3 is 10.2 Å². The number of carbonyl (C=O) groups excluding carboxylic acids is 1. The van der Waals surface area contributed by atoms with Crippen molar-refractivity contribution in [1.82, 2.24) is 10.2 Å². The zero-order valence-electron chi connectivity index (χ0n) is 11.7. The van der Waals surface area contributed by atoms with Crippen LogP contribution in [-0.4, -0.2) is 38.0 Å². The smallest absolute Gasteiger partial charge is 0.225 e. The monoisotopic (exact) mass is 240 g/mol. The molecule has 0 heterocycles. The lowest BCUT2D eigenvalue weighted by Gasteiger charge is -2.24. The molecule has 0 saturated heterocycles. The van der Waals surface area contributed by atoms with Crippen molar-refractivity contribution < 1.29 is 4.79 Å². The van der Waals surface area contributed by atoms with Crippen molar-refractivity contribution in [3.8, 4) is 0 Å². The molecule has 1 unspecified atom stereocenters. The van der Waals surface area contributed by atoms with Gasteiger partial charge in [0.15, 0.2) is 0 Å². The van der Waals surface area contributed by atoms with Gasteiger partial charge in [-0.1, -0.05) is 32.6 Å². The fraction of sp³-hybridized carbons (Fsp3) is 0.929. The van der Waals surface area contributed by atoms with Crippen LogP contribution in [0.1, 0.15) is 45.4 Å². The van der Waals surface area contributed by atoms with Crippen LogP contribution in [0.3, 0.4) is 0 Å². The summed E-state index contributed by atoms with van der Waals surface area (Å²) in [6.45, 7) is 3.84. The number of rotatable bonds is 7. The molecule has 0 bridgehead atoms. The molecule has 100 valence electrons. The van der Waals surface area contributed by atoms with Gasteiger partial charge in [0.1, 0.15) is 0 Å². The number of amides is 1. The molecule has 1 atom stereocenters. The second-order valence-electron chi connectivity index (χ2n) is 5.35. The number of hydrogen-bond acceptors (Lipinski definition) is 2. The van der Waals surface area contributed by atoms with Gasteiger partial charge in [0.2, 0.25) is 5.91 Å². The third-order valence-corrected chi connectivity index (χ3v) is 4.01. The first-order valence-corrected chi connectivity index (χ1v) is 7.08. The number of nitrogens with one attached hydrogen (secondary N) is 1. The summed E-state index contributed by atoms with van der Waals surface area (Å²) in [5.74, 6) is 1.40. The highest BCUT2D eigenvalue weighted by molar-refractivity contribution is 5.78. The Kier molecular flexibility index (Phi) is 6.56. The summed E-state index contributed by atoms with van der Waals surface area (Å²) in [6, 6.07) is 0. The molecule has 3 nitrogen and oxygen atoms in total. The third kappa shape index (κ3) is 4.66. The van der Waals surface area contributed by atoms with E-state index in [9.17, 15) is 4.79 Å². The maximum absolute atomic E-state index is 12.3. The minimum atomic E-state index is 0.250. The Hall–Kier alpha value is -0.570. The second kappa shape index (κ2) is 7.70. The van der Waals surface area contributed by atoms with Gasteiger partial charge in [-0.3, -0.25) is 4.79 Å². The van der Waals surface area contributed by atoms with Crippen molar-refractivity contribution in [1.29, 1.82) is 0 Å². The van der Waals surface area contributed by atoms with E-state index in [0.29, 0.717) is 5.91 Å². The van der Waals surface area contributed by atoms with Crippen molar-refractivity contribution >= 4 is 5.91 Å². The highest BCUT2D eigenvalue weighted by Gasteiger charge is 2.25. The molecular formula is C14H28N2O. The van der Waals surface area contributed by atoms with E-state index in [0.717, 1.165) is 31.8 Å². The van der Waals surface area contributed by atoms with Crippen molar-refractivity contribution in [2.24, 2.45) is 11.8 Å². The van der Waals surface area contributed by atoms with E-state index < -0.39 is 0 Å². The lowest BCUT2D eigenvalue weighted by Crippen LogP contribution is -2.37. The summed E-state index contributed by atoms with van der Waals surface area (Å²) >= 11 is 0. The van der Waals surface area contributed by atoms with E-state index in [4.69, 9.17) is 0 Å². The van der Waals surface area contributed by atoms with Crippen LogP contribution in [0, 0.1) is 11.8 Å².